The molecule has 0 unspecified atom stereocenters. The van der Waals surface area contributed by atoms with Gasteiger partial charge in [0.2, 0.25) is 0 Å². The Bertz CT molecular complexity index is 447. The molecule has 0 N–H and O–H groups in total. The maximum atomic E-state index is 5.88. The van der Waals surface area contributed by atoms with Gasteiger partial charge in [-0.3, -0.25) is 0 Å². The summed E-state index contributed by atoms with van der Waals surface area (Å²) in [6.45, 7) is 0. The third kappa shape index (κ3) is 2.11. The van der Waals surface area contributed by atoms with Crippen molar-refractivity contribution in [2.75, 3.05) is 0 Å². The quantitative estimate of drug-likeness (QED) is 0.778. The molecule has 0 aliphatic carbocycles. The van der Waals surface area contributed by atoms with E-state index in [1.54, 1.807) is 12.4 Å². The molecule has 0 saturated heterocycles. The Hall–Kier alpha value is -0.510. The van der Waals surface area contributed by atoms with Crippen LogP contribution < -0.4 is 0 Å². The third-order valence-corrected chi connectivity index (χ3v) is 2.54. The summed E-state index contributed by atoms with van der Waals surface area (Å²) >= 11 is 15.0. The van der Waals surface area contributed by atoms with Gasteiger partial charge in [0.05, 0.1) is 0 Å². The average molecular weight is 292 g/mol. The molecule has 14 heavy (non-hydrogen) atoms. The zero-order chi connectivity index (χ0) is 10.1. The predicted molar refractivity (Wildman–Crippen MR) is 61.3 cm³/mol. The molecule has 2 rings (SSSR count). The van der Waals surface area contributed by atoms with Crippen molar-refractivity contribution < 1.29 is 0 Å². The number of aromatic nitrogens is 2. The van der Waals surface area contributed by atoms with Crippen molar-refractivity contribution in [1.29, 1.82) is 0 Å². The molecular weight excluding hydrogens is 287 g/mol. The molecule has 0 atom stereocenters. The van der Waals surface area contributed by atoms with Crippen LogP contribution >= 0.6 is 39.1 Å². The van der Waals surface area contributed by atoms with Crippen molar-refractivity contribution in [3.8, 4) is 5.69 Å². The standard InChI is InChI=1S/C9H5BrCl2N2/c10-9-4-14(5-13-9)8-2-6(11)1-7(12)3-8/h1-5H. The number of benzene rings is 1. The Balaban J connectivity index is 2.51. The average Bonchev–Trinajstić information content (AvgIpc) is 2.50. The van der Waals surface area contributed by atoms with Gasteiger partial charge in [-0.15, -0.1) is 0 Å². The fourth-order valence-corrected chi connectivity index (χ4v) is 1.96. The predicted octanol–water partition coefficient (Wildman–Crippen LogP) is 3.94. The molecule has 0 amide bonds. The zero-order valence-corrected chi connectivity index (χ0v) is 10.0. The van der Waals surface area contributed by atoms with Gasteiger partial charge in [-0.05, 0) is 34.1 Å². The molecule has 0 aliphatic heterocycles. The van der Waals surface area contributed by atoms with Crippen LogP contribution in [0.1, 0.15) is 0 Å². The number of hydrogen-bond acceptors (Lipinski definition) is 1. The maximum absolute atomic E-state index is 5.88. The summed E-state index contributed by atoms with van der Waals surface area (Å²) in [6, 6.07) is 5.34. The number of halogens is 3. The molecule has 0 saturated carbocycles. The first-order chi connectivity index (χ1) is 6.65. The number of nitrogens with zero attached hydrogens (tertiary/aromatic N) is 2. The van der Waals surface area contributed by atoms with E-state index in [1.807, 2.05) is 22.9 Å². The summed E-state index contributed by atoms with van der Waals surface area (Å²) in [4.78, 5) is 4.05. The number of rotatable bonds is 1. The van der Waals surface area contributed by atoms with Crippen LogP contribution in [0.5, 0.6) is 0 Å². The second-order valence-corrected chi connectivity index (χ2v) is 4.42. The molecule has 0 bridgehead atoms. The number of imidazole rings is 1. The summed E-state index contributed by atoms with van der Waals surface area (Å²) in [5.41, 5.74) is 0.890. The van der Waals surface area contributed by atoms with E-state index < -0.39 is 0 Å². The fraction of sp³-hybridized carbons (Fsp3) is 0. The van der Waals surface area contributed by atoms with Crippen LogP contribution in [0.4, 0.5) is 0 Å². The van der Waals surface area contributed by atoms with E-state index in [1.165, 1.54) is 0 Å². The van der Waals surface area contributed by atoms with Gasteiger partial charge in [0.1, 0.15) is 10.9 Å². The van der Waals surface area contributed by atoms with E-state index >= 15 is 0 Å². The smallest absolute Gasteiger partial charge is 0.124 e. The van der Waals surface area contributed by atoms with Gasteiger partial charge in [0, 0.05) is 21.9 Å². The van der Waals surface area contributed by atoms with E-state index in [-0.39, 0.29) is 0 Å². The van der Waals surface area contributed by atoms with Gasteiger partial charge < -0.3 is 4.57 Å². The van der Waals surface area contributed by atoms with Gasteiger partial charge in [-0.1, -0.05) is 23.2 Å². The second-order valence-electron chi connectivity index (χ2n) is 2.73. The Morgan fingerprint density at radius 1 is 1.14 bits per heavy atom. The highest BCUT2D eigenvalue weighted by Gasteiger charge is 2.01. The van der Waals surface area contributed by atoms with Gasteiger partial charge in [-0.25, -0.2) is 4.98 Å². The summed E-state index contributed by atoms with van der Waals surface area (Å²) in [6.07, 6.45) is 3.52. The maximum Gasteiger partial charge on any atom is 0.124 e. The van der Waals surface area contributed by atoms with Crippen molar-refractivity contribution >= 4 is 39.1 Å². The number of hydrogen-bond donors (Lipinski definition) is 0. The molecule has 0 spiro atoms. The first-order valence-corrected chi connectivity index (χ1v) is 5.36. The third-order valence-electron chi connectivity index (χ3n) is 1.70. The molecule has 1 aromatic heterocycles. The molecule has 0 fully saturated rings. The highest BCUT2D eigenvalue weighted by atomic mass is 79.9. The first-order valence-electron chi connectivity index (χ1n) is 3.81. The summed E-state index contributed by atoms with van der Waals surface area (Å²) in [5, 5.41) is 1.22. The Morgan fingerprint density at radius 3 is 2.29 bits per heavy atom. The molecule has 2 nitrogen and oxygen atoms in total. The van der Waals surface area contributed by atoms with Crippen molar-refractivity contribution in [2.45, 2.75) is 0 Å². The summed E-state index contributed by atoms with van der Waals surface area (Å²) in [5.74, 6) is 0. The lowest BCUT2D eigenvalue weighted by Gasteiger charge is -2.02. The van der Waals surface area contributed by atoms with E-state index in [4.69, 9.17) is 23.2 Å². The minimum Gasteiger partial charge on any atom is -0.305 e. The van der Waals surface area contributed by atoms with Crippen molar-refractivity contribution in [3.05, 3.63) is 45.4 Å². The highest BCUT2D eigenvalue weighted by molar-refractivity contribution is 9.10. The van der Waals surface area contributed by atoms with Crippen LogP contribution in [0.15, 0.2) is 35.3 Å². The Labute approximate surface area is 99.6 Å². The SMILES string of the molecule is Clc1cc(Cl)cc(-n2cnc(Br)c2)c1. The lowest BCUT2D eigenvalue weighted by molar-refractivity contribution is 1.06. The molecule has 0 radical (unpaired) electrons. The summed E-state index contributed by atoms with van der Waals surface area (Å²) in [7, 11) is 0. The van der Waals surface area contributed by atoms with Crippen LogP contribution in [0.2, 0.25) is 10.0 Å². The van der Waals surface area contributed by atoms with Gasteiger partial charge in [0.15, 0.2) is 0 Å². The molecule has 1 aromatic carbocycles. The lowest BCUT2D eigenvalue weighted by Crippen LogP contribution is -1.89. The molecule has 5 heteroatoms. The largest absolute Gasteiger partial charge is 0.305 e. The topological polar surface area (TPSA) is 17.8 Å². The van der Waals surface area contributed by atoms with Crippen LogP contribution in [0.3, 0.4) is 0 Å². The Kier molecular flexibility index (Phi) is 2.81. The first kappa shape index (κ1) is 10.0. The Morgan fingerprint density at radius 2 is 1.79 bits per heavy atom. The van der Waals surface area contributed by atoms with Crippen LogP contribution in [-0.2, 0) is 0 Å². The minimum atomic E-state index is 0.609. The van der Waals surface area contributed by atoms with Crippen molar-refractivity contribution in [2.24, 2.45) is 0 Å². The van der Waals surface area contributed by atoms with Crippen LogP contribution in [0, 0.1) is 0 Å². The fourth-order valence-electron chi connectivity index (χ4n) is 1.13. The van der Waals surface area contributed by atoms with Gasteiger partial charge in [-0.2, -0.15) is 0 Å². The normalized spacial score (nSPS) is 10.5. The van der Waals surface area contributed by atoms with Crippen LogP contribution in [0.25, 0.3) is 5.69 Å². The van der Waals surface area contributed by atoms with Gasteiger partial charge in [0.25, 0.3) is 0 Å². The molecule has 0 aliphatic rings. The molecule has 72 valence electrons. The van der Waals surface area contributed by atoms with E-state index in [2.05, 4.69) is 20.9 Å². The van der Waals surface area contributed by atoms with Gasteiger partial charge >= 0.3 is 0 Å². The lowest BCUT2D eigenvalue weighted by atomic mass is 10.3. The zero-order valence-electron chi connectivity index (χ0n) is 6.92. The monoisotopic (exact) mass is 290 g/mol. The van der Waals surface area contributed by atoms with E-state index in [0.717, 1.165) is 10.3 Å². The molecule has 2 aromatic rings. The van der Waals surface area contributed by atoms with Crippen molar-refractivity contribution in [3.63, 3.8) is 0 Å². The van der Waals surface area contributed by atoms with Crippen LogP contribution in [-0.4, -0.2) is 9.55 Å². The highest BCUT2D eigenvalue weighted by Crippen LogP contribution is 2.22. The van der Waals surface area contributed by atoms with E-state index in [9.17, 15) is 0 Å². The molecular formula is C9H5BrCl2N2. The van der Waals surface area contributed by atoms with Crippen molar-refractivity contribution in [1.82, 2.24) is 9.55 Å². The van der Waals surface area contributed by atoms with E-state index in [0.29, 0.717) is 10.0 Å². The molecule has 1 heterocycles. The minimum absolute atomic E-state index is 0.609. The summed E-state index contributed by atoms with van der Waals surface area (Å²) < 4.78 is 2.61. The second kappa shape index (κ2) is 3.93.